The summed E-state index contributed by atoms with van der Waals surface area (Å²) < 4.78 is 12.0. The van der Waals surface area contributed by atoms with Crippen LogP contribution in [0.25, 0.3) is 11.3 Å². The van der Waals surface area contributed by atoms with Crippen LogP contribution in [0.4, 0.5) is 0 Å². The Hall–Kier alpha value is -4.11. The maximum absolute atomic E-state index is 8.92. The first-order valence-electron chi connectivity index (χ1n) is 8.66. The number of hydrogen-bond donors (Lipinski definition) is 1. The highest BCUT2D eigenvalue weighted by atomic mass is 16.5. The van der Waals surface area contributed by atoms with Crippen molar-refractivity contribution in [1.82, 2.24) is 15.2 Å². The Kier molecular flexibility index (Phi) is 4.98. The Balaban J connectivity index is 1.58. The third-order valence-electron chi connectivity index (χ3n) is 4.10. The van der Waals surface area contributed by atoms with Crippen LogP contribution in [0.1, 0.15) is 11.1 Å². The van der Waals surface area contributed by atoms with Crippen molar-refractivity contribution in [3.05, 3.63) is 90.4 Å². The molecule has 4 aromatic rings. The van der Waals surface area contributed by atoms with Gasteiger partial charge in [-0.2, -0.15) is 10.4 Å². The number of nitrogens with zero attached hydrogens (tertiary/aromatic N) is 3. The second-order valence-corrected chi connectivity index (χ2v) is 5.98. The Labute approximate surface area is 162 Å². The van der Waals surface area contributed by atoms with Crippen molar-refractivity contribution in [2.75, 3.05) is 0 Å². The van der Waals surface area contributed by atoms with Crippen LogP contribution in [0.15, 0.2) is 79.3 Å². The first-order valence-corrected chi connectivity index (χ1v) is 8.66. The third kappa shape index (κ3) is 3.84. The van der Waals surface area contributed by atoms with Gasteiger partial charge in [0, 0.05) is 18.0 Å². The zero-order chi connectivity index (χ0) is 19.2. The minimum atomic E-state index is 0.426. The first-order chi connectivity index (χ1) is 13.8. The molecular weight excluding hydrogens is 352 g/mol. The predicted octanol–water partition coefficient (Wildman–Crippen LogP) is 4.71. The quantitative estimate of drug-likeness (QED) is 0.533. The standard InChI is InChI=1S/C22H16N4O2/c23-13-16-5-7-18(8-6-16)28-21-14-25-26-22(21)19-3-1-2-4-20(19)27-15-17-9-11-24-12-10-17/h1-12,14H,15H2,(H,25,26). The highest BCUT2D eigenvalue weighted by Gasteiger charge is 2.15. The molecule has 0 aliphatic carbocycles. The SMILES string of the molecule is N#Cc1ccc(Oc2c[nH]nc2-c2ccccc2OCc2ccncc2)cc1. The van der Waals surface area contributed by atoms with E-state index in [9.17, 15) is 0 Å². The van der Waals surface area contributed by atoms with Crippen LogP contribution >= 0.6 is 0 Å². The average Bonchev–Trinajstić information content (AvgIpc) is 3.21. The molecule has 2 aromatic carbocycles. The van der Waals surface area contributed by atoms with Crippen LogP contribution in [0, 0.1) is 11.3 Å². The molecule has 0 bridgehead atoms. The molecule has 1 N–H and O–H groups in total. The van der Waals surface area contributed by atoms with E-state index in [-0.39, 0.29) is 0 Å². The zero-order valence-corrected chi connectivity index (χ0v) is 14.9. The number of ether oxygens (including phenoxy) is 2. The normalized spacial score (nSPS) is 10.2. The summed E-state index contributed by atoms with van der Waals surface area (Å²) in [6, 6.07) is 20.5. The number of para-hydroxylation sites is 1. The van der Waals surface area contributed by atoms with Gasteiger partial charge in [0.25, 0.3) is 0 Å². The van der Waals surface area contributed by atoms with E-state index in [1.165, 1.54) is 0 Å². The van der Waals surface area contributed by atoms with Gasteiger partial charge in [-0.3, -0.25) is 10.1 Å². The van der Waals surface area contributed by atoms with Crippen molar-refractivity contribution >= 4 is 0 Å². The molecule has 28 heavy (non-hydrogen) atoms. The topological polar surface area (TPSA) is 83.8 Å². The fourth-order valence-corrected chi connectivity index (χ4v) is 2.70. The maximum Gasteiger partial charge on any atom is 0.173 e. The van der Waals surface area contributed by atoms with E-state index < -0.39 is 0 Å². The molecule has 0 radical (unpaired) electrons. The van der Waals surface area contributed by atoms with Crippen molar-refractivity contribution in [3.63, 3.8) is 0 Å². The molecule has 0 spiro atoms. The summed E-state index contributed by atoms with van der Waals surface area (Å²) in [6.07, 6.45) is 5.16. The molecule has 0 aliphatic heterocycles. The number of aromatic nitrogens is 3. The highest BCUT2D eigenvalue weighted by molar-refractivity contribution is 5.72. The number of H-pyrrole nitrogens is 1. The Morgan fingerprint density at radius 2 is 1.71 bits per heavy atom. The number of nitrogens with one attached hydrogen (secondary N) is 1. The lowest BCUT2D eigenvalue weighted by molar-refractivity contribution is 0.307. The van der Waals surface area contributed by atoms with Crippen molar-refractivity contribution < 1.29 is 9.47 Å². The Morgan fingerprint density at radius 3 is 2.50 bits per heavy atom. The van der Waals surface area contributed by atoms with Gasteiger partial charge in [0.2, 0.25) is 0 Å². The molecule has 0 atom stereocenters. The van der Waals surface area contributed by atoms with Gasteiger partial charge in [0.05, 0.1) is 17.8 Å². The smallest absolute Gasteiger partial charge is 0.173 e. The van der Waals surface area contributed by atoms with Gasteiger partial charge in [-0.25, -0.2) is 0 Å². The van der Waals surface area contributed by atoms with Crippen LogP contribution in [-0.4, -0.2) is 15.2 Å². The van der Waals surface area contributed by atoms with E-state index >= 15 is 0 Å². The monoisotopic (exact) mass is 368 g/mol. The van der Waals surface area contributed by atoms with E-state index in [0.717, 1.165) is 11.1 Å². The molecule has 2 heterocycles. The van der Waals surface area contributed by atoms with Gasteiger partial charge >= 0.3 is 0 Å². The van der Waals surface area contributed by atoms with Crippen LogP contribution in [0.2, 0.25) is 0 Å². The molecule has 6 heteroatoms. The fourth-order valence-electron chi connectivity index (χ4n) is 2.70. The van der Waals surface area contributed by atoms with Gasteiger partial charge in [0.1, 0.15) is 23.8 Å². The summed E-state index contributed by atoms with van der Waals surface area (Å²) in [4.78, 5) is 4.02. The predicted molar refractivity (Wildman–Crippen MR) is 104 cm³/mol. The van der Waals surface area contributed by atoms with Gasteiger partial charge in [0.15, 0.2) is 5.75 Å². The second kappa shape index (κ2) is 8.06. The lowest BCUT2D eigenvalue weighted by Crippen LogP contribution is -1.97. The number of nitriles is 1. The van der Waals surface area contributed by atoms with E-state index in [1.54, 1.807) is 42.9 Å². The molecule has 0 amide bonds. The van der Waals surface area contributed by atoms with Crippen molar-refractivity contribution in [2.45, 2.75) is 6.61 Å². The minimum Gasteiger partial charge on any atom is -0.488 e. The van der Waals surface area contributed by atoms with Gasteiger partial charge in [-0.05, 0) is 54.1 Å². The molecule has 0 unspecified atom stereocenters. The van der Waals surface area contributed by atoms with Gasteiger partial charge in [-0.15, -0.1) is 0 Å². The molecule has 2 aromatic heterocycles. The summed E-state index contributed by atoms with van der Waals surface area (Å²) in [5.74, 6) is 1.90. The lowest BCUT2D eigenvalue weighted by atomic mass is 10.1. The third-order valence-corrected chi connectivity index (χ3v) is 4.10. The fraction of sp³-hybridized carbons (Fsp3) is 0.0455. The summed E-state index contributed by atoms with van der Waals surface area (Å²) in [5, 5.41) is 16.1. The van der Waals surface area contributed by atoms with Crippen LogP contribution in [0.5, 0.6) is 17.2 Å². The van der Waals surface area contributed by atoms with Crippen LogP contribution in [-0.2, 0) is 6.61 Å². The zero-order valence-electron chi connectivity index (χ0n) is 14.9. The summed E-state index contributed by atoms with van der Waals surface area (Å²) in [6.45, 7) is 0.426. The Bertz CT molecular complexity index is 1100. The number of benzene rings is 2. The molecular formula is C22H16N4O2. The van der Waals surface area contributed by atoms with E-state index in [1.807, 2.05) is 36.4 Å². The number of aromatic amines is 1. The maximum atomic E-state index is 8.92. The summed E-state index contributed by atoms with van der Waals surface area (Å²) in [5.41, 5.74) is 3.08. The average molecular weight is 368 g/mol. The second-order valence-electron chi connectivity index (χ2n) is 5.98. The molecule has 0 fully saturated rings. The minimum absolute atomic E-state index is 0.426. The van der Waals surface area contributed by atoms with Crippen LogP contribution in [0.3, 0.4) is 0 Å². The molecule has 0 saturated heterocycles. The van der Waals surface area contributed by atoms with E-state index in [4.69, 9.17) is 14.7 Å². The largest absolute Gasteiger partial charge is 0.488 e. The van der Waals surface area contributed by atoms with Gasteiger partial charge < -0.3 is 9.47 Å². The first kappa shape index (κ1) is 17.3. The molecule has 0 saturated carbocycles. The van der Waals surface area contributed by atoms with E-state index in [0.29, 0.717) is 35.1 Å². The highest BCUT2D eigenvalue weighted by Crippen LogP contribution is 2.36. The molecule has 136 valence electrons. The number of hydrogen-bond acceptors (Lipinski definition) is 5. The molecule has 0 aliphatic rings. The summed E-state index contributed by atoms with van der Waals surface area (Å²) >= 11 is 0. The summed E-state index contributed by atoms with van der Waals surface area (Å²) in [7, 11) is 0. The molecule has 6 nitrogen and oxygen atoms in total. The molecule has 4 rings (SSSR count). The van der Waals surface area contributed by atoms with Crippen molar-refractivity contribution in [3.8, 4) is 34.6 Å². The van der Waals surface area contributed by atoms with Crippen molar-refractivity contribution in [1.29, 1.82) is 5.26 Å². The van der Waals surface area contributed by atoms with Gasteiger partial charge in [-0.1, -0.05) is 12.1 Å². The number of pyridine rings is 1. The van der Waals surface area contributed by atoms with E-state index in [2.05, 4.69) is 21.3 Å². The Morgan fingerprint density at radius 1 is 0.929 bits per heavy atom. The number of rotatable bonds is 6. The van der Waals surface area contributed by atoms with Crippen molar-refractivity contribution in [2.24, 2.45) is 0 Å². The lowest BCUT2D eigenvalue weighted by Gasteiger charge is -2.11. The van der Waals surface area contributed by atoms with Crippen LogP contribution < -0.4 is 9.47 Å².